The molecule has 1 saturated carbocycles. The van der Waals surface area contributed by atoms with E-state index in [4.69, 9.17) is 11.6 Å². The molecule has 5 heteroatoms. The second kappa shape index (κ2) is 7.50. The fourth-order valence-corrected chi connectivity index (χ4v) is 3.48. The van der Waals surface area contributed by atoms with Crippen molar-refractivity contribution in [3.8, 4) is 5.75 Å². The van der Waals surface area contributed by atoms with E-state index >= 15 is 0 Å². The van der Waals surface area contributed by atoms with E-state index in [1.54, 1.807) is 12.1 Å². The number of nitrogens with one attached hydrogen (secondary N) is 1. The van der Waals surface area contributed by atoms with Crippen molar-refractivity contribution in [2.24, 2.45) is 11.8 Å². The largest absolute Gasteiger partial charge is 0.507 e. The van der Waals surface area contributed by atoms with Crippen molar-refractivity contribution in [3.63, 3.8) is 0 Å². The van der Waals surface area contributed by atoms with Gasteiger partial charge in [-0.1, -0.05) is 12.8 Å². The molecule has 0 bridgehead atoms. The Kier molecular flexibility index (Phi) is 5.96. The predicted molar refractivity (Wildman–Crippen MR) is 89.3 cm³/mol. The second-order valence-electron chi connectivity index (χ2n) is 5.34. The first-order valence-electron chi connectivity index (χ1n) is 6.94. The van der Waals surface area contributed by atoms with Gasteiger partial charge in [0.1, 0.15) is 5.75 Å². The van der Waals surface area contributed by atoms with E-state index in [1.165, 1.54) is 18.9 Å². The van der Waals surface area contributed by atoms with Gasteiger partial charge in [0.2, 0.25) is 0 Å². The summed E-state index contributed by atoms with van der Waals surface area (Å²) in [6, 6.07) is 4.99. The van der Waals surface area contributed by atoms with Crippen molar-refractivity contribution in [1.29, 1.82) is 0 Å². The van der Waals surface area contributed by atoms with Crippen molar-refractivity contribution in [2.45, 2.75) is 25.7 Å². The number of aromatic hydroxyl groups is 1. The molecule has 20 heavy (non-hydrogen) atoms. The predicted octanol–water partition coefficient (Wildman–Crippen LogP) is 3.77. The van der Waals surface area contributed by atoms with Crippen LogP contribution in [-0.2, 0) is 0 Å². The number of amides is 1. The summed E-state index contributed by atoms with van der Waals surface area (Å²) in [6.45, 7) is 0.670. The Balaban J connectivity index is 1.92. The van der Waals surface area contributed by atoms with E-state index in [9.17, 15) is 9.90 Å². The highest BCUT2D eigenvalue weighted by molar-refractivity contribution is 14.1. The number of halogens is 2. The fraction of sp³-hybridized carbons (Fsp3) is 0.533. The van der Waals surface area contributed by atoms with E-state index in [0.717, 1.165) is 16.4 Å². The van der Waals surface area contributed by atoms with E-state index in [1.807, 2.05) is 22.6 Å². The minimum atomic E-state index is -0.129. The van der Waals surface area contributed by atoms with Crippen LogP contribution in [0.15, 0.2) is 18.2 Å². The van der Waals surface area contributed by atoms with Gasteiger partial charge in [-0.05, 0) is 65.5 Å². The Bertz CT molecular complexity index is 481. The third-order valence-electron chi connectivity index (χ3n) is 4.00. The molecule has 1 aliphatic rings. The monoisotopic (exact) mass is 407 g/mol. The summed E-state index contributed by atoms with van der Waals surface area (Å²) in [6.07, 6.45) is 4.76. The summed E-state index contributed by atoms with van der Waals surface area (Å²) in [5.74, 6) is 1.67. The lowest BCUT2D eigenvalue weighted by atomic mass is 9.80. The highest BCUT2D eigenvalue weighted by Gasteiger charge is 2.24. The third kappa shape index (κ3) is 4.01. The SMILES string of the molecule is O=C(NCC1CCCCC1CCl)c1ccc(I)c(O)c1. The molecule has 2 unspecified atom stereocenters. The van der Waals surface area contributed by atoms with Gasteiger partial charge in [-0.2, -0.15) is 0 Å². The van der Waals surface area contributed by atoms with Gasteiger partial charge in [0.25, 0.3) is 5.91 Å². The molecule has 0 aliphatic heterocycles. The average Bonchev–Trinajstić information content (AvgIpc) is 2.47. The molecular formula is C15H19ClINO2. The molecule has 2 atom stereocenters. The van der Waals surface area contributed by atoms with Crippen LogP contribution >= 0.6 is 34.2 Å². The molecule has 0 heterocycles. The Morgan fingerprint density at radius 1 is 1.35 bits per heavy atom. The number of phenolic OH excluding ortho intramolecular Hbond substituents is 1. The Morgan fingerprint density at radius 3 is 2.70 bits per heavy atom. The molecule has 110 valence electrons. The Labute approximate surface area is 138 Å². The first kappa shape index (κ1) is 15.9. The van der Waals surface area contributed by atoms with E-state index in [2.05, 4.69) is 5.32 Å². The fourth-order valence-electron chi connectivity index (χ4n) is 2.74. The Hall–Kier alpha value is -0.490. The number of carbonyl (C=O) groups is 1. The van der Waals surface area contributed by atoms with Crippen LogP contribution in [0.25, 0.3) is 0 Å². The van der Waals surface area contributed by atoms with Crippen LogP contribution < -0.4 is 5.32 Å². The highest BCUT2D eigenvalue weighted by atomic mass is 127. The summed E-state index contributed by atoms with van der Waals surface area (Å²) >= 11 is 8.03. The summed E-state index contributed by atoms with van der Waals surface area (Å²) in [4.78, 5) is 12.1. The second-order valence-corrected chi connectivity index (χ2v) is 6.81. The number of rotatable bonds is 4. The highest BCUT2D eigenvalue weighted by Crippen LogP contribution is 2.30. The number of hydrogen-bond donors (Lipinski definition) is 2. The van der Waals surface area contributed by atoms with Gasteiger partial charge >= 0.3 is 0 Å². The van der Waals surface area contributed by atoms with E-state index < -0.39 is 0 Å². The van der Waals surface area contributed by atoms with Crippen molar-refractivity contribution in [1.82, 2.24) is 5.32 Å². The van der Waals surface area contributed by atoms with Crippen LogP contribution in [-0.4, -0.2) is 23.4 Å². The van der Waals surface area contributed by atoms with Gasteiger partial charge < -0.3 is 10.4 Å². The summed E-state index contributed by atoms with van der Waals surface area (Å²) in [5.41, 5.74) is 0.501. The van der Waals surface area contributed by atoms with E-state index in [0.29, 0.717) is 29.8 Å². The molecule has 1 amide bonds. The minimum absolute atomic E-state index is 0.129. The molecule has 1 fully saturated rings. The van der Waals surface area contributed by atoms with Crippen molar-refractivity contribution in [2.75, 3.05) is 12.4 Å². The van der Waals surface area contributed by atoms with E-state index in [-0.39, 0.29) is 11.7 Å². The summed E-state index contributed by atoms with van der Waals surface area (Å²) in [5, 5.41) is 12.6. The normalized spacial score (nSPS) is 22.5. The molecule has 0 aromatic heterocycles. The van der Waals surface area contributed by atoms with Crippen LogP contribution in [0.5, 0.6) is 5.75 Å². The van der Waals surface area contributed by atoms with Gasteiger partial charge in [0.15, 0.2) is 0 Å². The van der Waals surface area contributed by atoms with Crippen LogP contribution in [0.3, 0.4) is 0 Å². The van der Waals surface area contributed by atoms with Crippen LogP contribution in [0.2, 0.25) is 0 Å². The molecule has 1 aromatic rings. The molecule has 3 nitrogen and oxygen atoms in total. The van der Waals surface area contributed by atoms with Crippen LogP contribution in [0.4, 0.5) is 0 Å². The number of phenols is 1. The Morgan fingerprint density at radius 2 is 2.05 bits per heavy atom. The first-order valence-corrected chi connectivity index (χ1v) is 8.56. The average molecular weight is 408 g/mol. The molecule has 0 spiro atoms. The molecule has 2 rings (SSSR count). The number of benzene rings is 1. The molecular weight excluding hydrogens is 389 g/mol. The zero-order chi connectivity index (χ0) is 14.5. The number of hydrogen-bond acceptors (Lipinski definition) is 2. The third-order valence-corrected chi connectivity index (χ3v) is 5.31. The lowest BCUT2D eigenvalue weighted by molar-refractivity contribution is 0.0936. The number of carbonyl (C=O) groups excluding carboxylic acids is 1. The van der Waals surface area contributed by atoms with Gasteiger partial charge in [-0.3, -0.25) is 4.79 Å². The van der Waals surface area contributed by atoms with Gasteiger partial charge in [-0.15, -0.1) is 11.6 Å². The van der Waals surface area contributed by atoms with Crippen LogP contribution in [0.1, 0.15) is 36.0 Å². The molecule has 0 saturated heterocycles. The molecule has 1 aromatic carbocycles. The maximum Gasteiger partial charge on any atom is 0.251 e. The number of alkyl halides is 1. The van der Waals surface area contributed by atoms with Crippen molar-refractivity contribution < 1.29 is 9.90 Å². The van der Waals surface area contributed by atoms with Gasteiger partial charge in [0.05, 0.1) is 3.57 Å². The molecule has 1 aliphatic carbocycles. The molecule has 0 radical (unpaired) electrons. The van der Waals surface area contributed by atoms with Crippen molar-refractivity contribution in [3.05, 3.63) is 27.3 Å². The minimum Gasteiger partial charge on any atom is -0.507 e. The first-order chi connectivity index (χ1) is 9.61. The summed E-state index contributed by atoms with van der Waals surface area (Å²) in [7, 11) is 0. The summed E-state index contributed by atoms with van der Waals surface area (Å²) < 4.78 is 0.744. The lowest BCUT2D eigenvalue weighted by Gasteiger charge is -2.30. The topological polar surface area (TPSA) is 49.3 Å². The standard InChI is InChI=1S/C15H19ClINO2/c16-8-11-3-1-2-4-12(11)9-18-15(20)10-5-6-13(17)14(19)7-10/h5-7,11-12,19H,1-4,8-9H2,(H,18,20). The zero-order valence-electron chi connectivity index (χ0n) is 11.2. The smallest absolute Gasteiger partial charge is 0.251 e. The maximum atomic E-state index is 12.1. The van der Waals surface area contributed by atoms with Crippen LogP contribution in [0, 0.1) is 15.4 Å². The maximum absolute atomic E-state index is 12.1. The van der Waals surface area contributed by atoms with Crippen molar-refractivity contribution >= 4 is 40.1 Å². The molecule has 2 N–H and O–H groups in total. The van der Waals surface area contributed by atoms with Gasteiger partial charge in [0, 0.05) is 18.0 Å². The zero-order valence-corrected chi connectivity index (χ0v) is 14.2. The lowest BCUT2D eigenvalue weighted by Crippen LogP contribution is -2.34. The van der Waals surface area contributed by atoms with Gasteiger partial charge in [-0.25, -0.2) is 0 Å². The quantitative estimate of drug-likeness (QED) is 0.590.